The molecule has 0 amide bonds. The normalized spacial score (nSPS) is 17.7. The first-order valence-corrected chi connectivity index (χ1v) is 10.8. The molecule has 0 spiro atoms. The van der Waals surface area contributed by atoms with Crippen LogP contribution in [-0.2, 0) is 16.4 Å². The Morgan fingerprint density at radius 3 is 2.50 bits per heavy atom. The molecule has 3 rings (SSSR count). The van der Waals surface area contributed by atoms with Crippen molar-refractivity contribution in [3.8, 4) is 11.5 Å². The summed E-state index contributed by atoms with van der Waals surface area (Å²) >= 11 is 0. The van der Waals surface area contributed by atoms with Gasteiger partial charge >= 0.3 is 0 Å². The molecule has 0 saturated carbocycles. The van der Waals surface area contributed by atoms with E-state index in [0.29, 0.717) is 13.2 Å². The predicted molar refractivity (Wildman–Crippen MR) is 103 cm³/mol. The maximum atomic E-state index is 11.4. The first-order chi connectivity index (χ1) is 12.4. The fraction of sp³-hybridized carbons (Fsp3) is 0.400. The fourth-order valence-electron chi connectivity index (χ4n) is 3.06. The van der Waals surface area contributed by atoms with Gasteiger partial charge in [-0.15, -0.1) is 0 Å². The molecule has 1 aliphatic heterocycles. The Balaban J connectivity index is 1.47. The van der Waals surface area contributed by atoms with Gasteiger partial charge in [0.2, 0.25) is 0 Å². The van der Waals surface area contributed by atoms with Gasteiger partial charge in [0.15, 0.2) is 11.5 Å². The second-order valence-electron chi connectivity index (χ2n) is 6.86. The van der Waals surface area contributed by atoms with Gasteiger partial charge in [0.05, 0.1) is 5.75 Å². The van der Waals surface area contributed by atoms with Crippen LogP contribution in [0.3, 0.4) is 0 Å². The highest BCUT2D eigenvalue weighted by atomic mass is 32.2. The molecule has 0 saturated heterocycles. The summed E-state index contributed by atoms with van der Waals surface area (Å²) in [7, 11) is -2.97. The van der Waals surface area contributed by atoms with Gasteiger partial charge in [-0.2, -0.15) is 0 Å². The molecule has 1 heterocycles. The number of fused-ring (bicyclic) bond motifs is 1. The number of rotatable bonds is 7. The van der Waals surface area contributed by atoms with Gasteiger partial charge in [0.1, 0.15) is 22.5 Å². The van der Waals surface area contributed by atoms with Crippen molar-refractivity contribution in [2.45, 2.75) is 25.5 Å². The molecule has 1 N–H and O–H groups in total. The first-order valence-electron chi connectivity index (χ1n) is 8.76. The maximum absolute atomic E-state index is 11.4. The predicted octanol–water partition coefficient (Wildman–Crippen LogP) is 2.76. The van der Waals surface area contributed by atoms with Crippen LogP contribution in [0.15, 0.2) is 48.5 Å². The van der Waals surface area contributed by atoms with Crippen LogP contribution in [-0.4, -0.2) is 39.7 Å². The standard InChI is InChI=1S/C20H25NO4S/c1-15(14-26(2,22)23)17-9-7-16(8-10-17)11-21-12-18-13-24-19-5-3-4-6-20(19)25-18/h3-10,15,18,21H,11-14H2,1-2H3/t15-,18+/m0/s1. The van der Waals surface area contributed by atoms with Crippen LogP contribution in [0.1, 0.15) is 24.0 Å². The summed E-state index contributed by atoms with van der Waals surface area (Å²) < 4.78 is 34.5. The van der Waals surface area contributed by atoms with Gasteiger partial charge < -0.3 is 14.8 Å². The van der Waals surface area contributed by atoms with Crippen molar-refractivity contribution in [1.82, 2.24) is 5.32 Å². The Morgan fingerprint density at radius 1 is 1.12 bits per heavy atom. The molecule has 140 valence electrons. The lowest BCUT2D eigenvalue weighted by molar-refractivity contribution is 0.0902. The van der Waals surface area contributed by atoms with E-state index >= 15 is 0 Å². The molecule has 5 nitrogen and oxygen atoms in total. The molecule has 0 aromatic heterocycles. The summed E-state index contributed by atoms with van der Waals surface area (Å²) in [6, 6.07) is 15.8. The third-order valence-electron chi connectivity index (χ3n) is 4.37. The molecule has 6 heteroatoms. The van der Waals surface area contributed by atoms with Gasteiger partial charge in [-0.25, -0.2) is 8.42 Å². The third-order valence-corrected chi connectivity index (χ3v) is 5.48. The molecule has 1 aliphatic rings. The number of benzene rings is 2. The largest absolute Gasteiger partial charge is 0.486 e. The third kappa shape index (κ3) is 5.22. The van der Waals surface area contributed by atoms with Crippen molar-refractivity contribution in [3.63, 3.8) is 0 Å². The minimum absolute atomic E-state index is 0.000125. The fourth-order valence-corrected chi connectivity index (χ4v) is 4.16. The van der Waals surface area contributed by atoms with Gasteiger partial charge in [-0.1, -0.05) is 43.3 Å². The van der Waals surface area contributed by atoms with Crippen LogP contribution in [0.2, 0.25) is 0 Å². The van der Waals surface area contributed by atoms with Crippen LogP contribution < -0.4 is 14.8 Å². The number of hydrogen-bond acceptors (Lipinski definition) is 5. The highest BCUT2D eigenvalue weighted by Gasteiger charge is 2.20. The maximum Gasteiger partial charge on any atom is 0.161 e. The molecule has 0 radical (unpaired) electrons. The summed E-state index contributed by atoms with van der Waals surface area (Å²) in [5.41, 5.74) is 2.19. The lowest BCUT2D eigenvalue weighted by Gasteiger charge is -2.26. The van der Waals surface area contributed by atoms with E-state index in [1.807, 2.05) is 55.5 Å². The highest BCUT2D eigenvalue weighted by Crippen LogP contribution is 2.30. The van der Waals surface area contributed by atoms with Crippen LogP contribution >= 0.6 is 0 Å². The summed E-state index contributed by atoms with van der Waals surface area (Å²) in [5, 5.41) is 3.39. The summed E-state index contributed by atoms with van der Waals surface area (Å²) in [4.78, 5) is 0. The quantitative estimate of drug-likeness (QED) is 0.806. The Morgan fingerprint density at radius 2 is 1.81 bits per heavy atom. The van der Waals surface area contributed by atoms with Crippen molar-refractivity contribution < 1.29 is 17.9 Å². The van der Waals surface area contributed by atoms with Crippen LogP contribution in [0.4, 0.5) is 0 Å². The number of para-hydroxylation sites is 2. The van der Waals surface area contributed by atoms with Crippen molar-refractivity contribution in [2.75, 3.05) is 25.2 Å². The Labute approximate surface area is 155 Å². The smallest absolute Gasteiger partial charge is 0.161 e. The van der Waals surface area contributed by atoms with E-state index in [1.165, 1.54) is 6.26 Å². The lowest BCUT2D eigenvalue weighted by atomic mass is 10.0. The van der Waals surface area contributed by atoms with Crippen molar-refractivity contribution in [2.24, 2.45) is 0 Å². The molecule has 0 bridgehead atoms. The zero-order chi connectivity index (χ0) is 18.6. The van der Waals surface area contributed by atoms with Crippen LogP contribution in [0.25, 0.3) is 0 Å². The summed E-state index contributed by atoms with van der Waals surface area (Å²) in [6.07, 6.45) is 1.26. The van der Waals surface area contributed by atoms with Gasteiger partial charge in [0, 0.05) is 19.3 Å². The molecular formula is C20H25NO4S. The summed E-state index contributed by atoms with van der Waals surface area (Å²) in [6.45, 7) is 3.89. The Kier molecular flexibility index (Phi) is 5.84. The molecular weight excluding hydrogens is 350 g/mol. The van der Waals surface area contributed by atoms with Gasteiger partial charge in [-0.05, 0) is 29.2 Å². The highest BCUT2D eigenvalue weighted by molar-refractivity contribution is 7.90. The molecule has 26 heavy (non-hydrogen) atoms. The van der Waals surface area contributed by atoms with Crippen molar-refractivity contribution in [1.29, 1.82) is 0 Å². The minimum atomic E-state index is -2.97. The average molecular weight is 375 g/mol. The average Bonchev–Trinajstić information content (AvgIpc) is 2.61. The molecule has 2 atom stereocenters. The zero-order valence-corrected chi connectivity index (χ0v) is 16.0. The van der Waals surface area contributed by atoms with E-state index < -0.39 is 9.84 Å². The van der Waals surface area contributed by atoms with Crippen LogP contribution in [0.5, 0.6) is 11.5 Å². The van der Waals surface area contributed by atoms with Gasteiger partial charge in [0.25, 0.3) is 0 Å². The topological polar surface area (TPSA) is 64.6 Å². The Bertz CT molecular complexity index is 833. The minimum Gasteiger partial charge on any atom is -0.486 e. The number of ether oxygens (including phenoxy) is 2. The summed E-state index contributed by atoms with van der Waals surface area (Å²) in [5.74, 6) is 1.75. The van der Waals surface area contributed by atoms with E-state index in [9.17, 15) is 8.42 Å². The second-order valence-corrected chi connectivity index (χ2v) is 9.05. The molecule has 2 aromatic carbocycles. The number of sulfone groups is 1. The SMILES string of the molecule is C[C@@H](CS(C)(=O)=O)c1ccc(CNC[C@@H]2COc3ccccc3O2)cc1. The van der Waals surface area contributed by atoms with Crippen molar-refractivity contribution >= 4 is 9.84 Å². The molecule has 0 aliphatic carbocycles. The molecule has 2 aromatic rings. The van der Waals surface area contributed by atoms with E-state index in [0.717, 1.165) is 29.2 Å². The molecule has 0 unspecified atom stereocenters. The van der Waals surface area contributed by atoms with E-state index in [-0.39, 0.29) is 17.8 Å². The van der Waals surface area contributed by atoms with Crippen LogP contribution in [0, 0.1) is 0 Å². The van der Waals surface area contributed by atoms with E-state index in [1.54, 1.807) is 0 Å². The molecule has 0 fully saturated rings. The van der Waals surface area contributed by atoms with Crippen molar-refractivity contribution in [3.05, 3.63) is 59.7 Å². The number of nitrogens with one attached hydrogen (secondary N) is 1. The van der Waals surface area contributed by atoms with E-state index in [2.05, 4.69) is 5.32 Å². The first kappa shape index (κ1) is 18.7. The second kappa shape index (κ2) is 8.10. The Hall–Kier alpha value is -2.05. The zero-order valence-electron chi connectivity index (χ0n) is 15.1. The lowest BCUT2D eigenvalue weighted by Crippen LogP contribution is -2.38. The monoisotopic (exact) mass is 375 g/mol. The number of hydrogen-bond donors (Lipinski definition) is 1. The van der Waals surface area contributed by atoms with E-state index in [4.69, 9.17) is 9.47 Å². The van der Waals surface area contributed by atoms with Gasteiger partial charge in [-0.3, -0.25) is 0 Å².